The number of methoxy groups -OCH3 is 1. The molecule has 1 heterocycles. The largest absolute Gasteiger partial charge is 0.495 e. The standard InChI is InChI=1S/C16H25NO2/c1-16(2,3)12-7-8-15(18-4)14(10-12)17-11-13-6-5-9-19-13/h7-8,10,13,17H,5-6,9,11H2,1-4H3. The van der Waals surface area contributed by atoms with E-state index < -0.39 is 0 Å². The molecule has 2 rings (SSSR count). The van der Waals surface area contributed by atoms with E-state index in [1.54, 1.807) is 7.11 Å². The highest BCUT2D eigenvalue weighted by Crippen LogP contribution is 2.31. The minimum atomic E-state index is 0.145. The Hall–Kier alpha value is -1.22. The average molecular weight is 263 g/mol. The smallest absolute Gasteiger partial charge is 0.141 e. The van der Waals surface area contributed by atoms with Crippen LogP contribution < -0.4 is 10.1 Å². The first-order chi connectivity index (χ1) is 9.00. The third kappa shape index (κ3) is 3.63. The van der Waals surface area contributed by atoms with Crippen molar-refractivity contribution in [3.8, 4) is 5.75 Å². The number of anilines is 1. The van der Waals surface area contributed by atoms with Crippen LogP contribution in [0.25, 0.3) is 0 Å². The molecule has 1 aliphatic rings. The van der Waals surface area contributed by atoms with Crippen LogP contribution >= 0.6 is 0 Å². The normalized spacial score (nSPS) is 19.5. The molecule has 1 aromatic carbocycles. The maximum absolute atomic E-state index is 5.64. The van der Waals surface area contributed by atoms with E-state index in [2.05, 4.69) is 38.2 Å². The number of hydrogen-bond acceptors (Lipinski definition) is 3. The molecule has 106 valence electrons. The summed E-state index contributed by atoms with van der Waals surface area (Å²) in [5.41, 5.74) is 2.51. The fourth-order valence-corrected chi connectivity index (χ4v) is 2.34. The van der Waals surface area contributed by atoms with Gasteiger partial charge in [0.25, 0.3) is 0 Å². The Kier molecular flexibility index (Phi) is 4.35. The summed E-state index contributed by atoms with van der Waals surface area (Å²) in [6, 6.07) is 6.36. The van der Waals surface area contributed by atoms with Crippen molar-refractivity contribution in [2.24, 2.45) is 0 Å². The van der Waals surface area contributed by atoms with Crippen molar-refractivity contribution < 1.29 is 9.47 Å². The van der Waals surface area contributed by atoms with Crippen molar-refractivity contribution in [2.75, 3.05) is 25.6 Å². The van der Waals surface area contributed by atoms with Gasteiger partial charge >= 0.3 is 0 Å². The van der Waals surface area contributed by atoms with E-state index >= 15 is 0 Å². The number of ether oxygens (including phenoxy) is 2. The lowest BCUT2D eigenvalue weighted by Crippen LogP contribution is -2.19. The maximum Gasteiger partial charge on any atom is 0.141 e. The Bertz CT molecular complexity index is 417. The molecule has 1 aromatic rings. The fraction of sp³-hybridized carbons (Fsp3) is 0.625. The predicted octanol–water partition coefficient (Wildman–Crippen LogP) is 3.58. The second kappa shape index (κ2) is 5.83. The summed E-state index contributed by atoms with van der Waals surface area (Å²) >= 11 is 0. The van der Waals surface area contributed by atoms with E-state index in [0.717, 1.165) is 31.0 Å². The monoisotopic (exact) mass is 263 g/mol. The second-order valence-electron chi connectivity index (χ2n) is 6.18. The molecule has 3 heteroatoms. The number of nitrogens with one attached hydrogen (secondary N) is 1. The Morgan fingerprint density at radius 2 is 2.16 bits per heavy atom. The van der Waals surface area contributed by atoms with Gasteiger partial charge in [0, 0.05) is 13.2 Å². The van der Waals surface area contributed by atoms with Crippen LogP contribution in [0.2, 0.25) is 0 Å². The SMILES string of the molecule is COc1ccc(C(C)(C)C)cc1NCC1CCCO1. The zero-order chi connectivity index (χ0) is 13.9. The number of benzene rings is 1. The second-order valence-corrected chi connectivity index (χ2v) is 6.18. The van der Waals surface area contributed by atoms with Crippen LogP contribution in [0.5, 0.6) is 5.75 Å². The molecule has 1 fully saturated rings. The van der Waals surface area contributed by atoms with E-state index in [9.17, 15) is 0 Å². The van der Waals surface area contributed by atoms with E-state index in [-0.39, 0.29) is 5.41 Å². The van der Waals surface area contributed by atoms with Gasteiger partial charge in [-0.25, -0.2) is 0 Å². The lowest BCUT2D eigenvalue weighted by atomic mass is 9.87. The third-order valence-electron chi connectivity index (χ3n) is 3.61. The minimum Gasteiger partial charge on any atom is -0.495 e. The van der Waals surface area contributed by atoms with Gasteiger partial charge in [-0.05, 0) is 36.0 Å². The van der Waals surface area contributed by atoms with E-state index in [4.69, 9.17) is 9.47 Å². The summed E-state index contributed by atoms with van der Waals surface area (Å²) in [6.45, 7) is 8.41. The molecule has 1 saturated heterocycles. The van der Waals surface area contributed by atoms with Crippen LogP contribution in [0, 0.1) is 0 Å². The van der Waals surface area contributed by atoms with Crippen LogP contribution in [-0.4, -0.2) is 26.4 Å². The van der Waals surface area contributed by atoms with Crippen LogP contribution in [0.1, 0.15) is 39.2 Å². The summed E-state index contributed by atoms with van der Waals surface area (Å²) in [4.78, 5) is 0. The van der Waals surface area contributed by atoms with Crippen molar-refractivity contribution in [1.29, 1.82) is 0 Å². The minimum absolute atomic E-state index is 0.145. The van der Waals surface area contributed by atoms with Gasteiger partial charge in [-0.1, -0.05) is 26.8 Å². The summed E-state index contributed by atoms with van der Waals surface area (Å²) in [5.74, 6) is 0.894. The zero-order valence-electron chi connectivity index (χ0n) is 12.5. The van der Waals surface area contributed by atoms with Gasteiger partial charge in [0.15, 0.2) is 0 Å². The lowest BCUT2D eigenvalue weighted by molar-refractivity contribution is 0.120. The zero-order valence-corrected chi connectivity index (χ0v) is 12.5. The summed E-state index contributed by atoms with van der Waals surface area (Å²) in [7, 11) is 1.71. The first kappa shape index (κ1) is 14.2. The Morgan fingerprint density at radius 1 is 1.37 bits per heavy atom. The van der Waals surface area contributed by atoms with Gasteiger partial charge in [-0.2, -0.15) is 0 Å². The molecule has 0 spiro atoms. The molecule has 1 aliphatic heterocycles. The molecule has 0 aliphatic carbocycles. The summed E-state index contributed by atoms with van der Waals surface area (Å²) < 4.78 is 11.1. The van der Waals surface area contributed by atoms with Crippen molar-refractivity contribution in [2.45, 2.75) is 45.1 Å². The maximum atomic E-state index is 5.64. The molecule has 1 N–H and O–H groups in total. The molecule has 0 amide bonds. The third-order valence-corrected chi connectivity index (χ3v) is 3.61. The molecule has 3 nitrogen and oxygen atoms in total. The van der Waals surface area contributed by atoms with Crippen LogP contribution in [0.15, 0.2) is 18.2 Å². The first-order valence-electron chi connectivity index (χ1n) is 7.04. The van der Waals surface area contributed by atoms with Crippen molar-refractivity contribution in [3.63, 3.8) is 0 Å². The first-order valence-corrected chi connectivity index (χ1v) is 7.04. The highest BCUT2D eigenvalue weighted by molar-refractivity contribution is 5.59. The fourth-order valence-electron chi connectivity index (χ4n) is 2.34. The van der Waals surface area contributed by atoms with Crippen LogP contribution in [0.3, 0.4) is 0 Å². The van der Waals surface area contributed by atoms with Crippen LogP contribution in [-0.2, 0) is 10.2 Å². The van der Waals surface area contributed by atoms with E-state index in [1.165, 1.54) is 12.0 Å². The Balaban J connectivity index is 2.11. The number of rotatable bonds is 4. The Morgan fingerprint density at radius 3 is 2.74 bits per heavy atom. The molecular weight excluding hydrogens is 238 g/mol. The highest BCUT2D eigenvalue weighted by atomic mass is 16.5. The van der Waals surface area contributed by atoms with Gasteiger partial charge in [0.2, 0.25) is 0 Å². The molecule has 19 heavy (non-hydrogen) atoms. The van der Waals surface area contributed by atoms with E-state index in [1.807, 2.05) is 6.07 Å². The van der Waals surface area contributed by atoms with Crippen molar-refractivity contribution >= 4 is 5.69 Å². The molecule has 1 atom stereocenters. The summed E-state index contributed by atoms with van der Waals surface area (Å²) in [5, 5.41) is 3.47. The molecule has 0 saturated carbocycles. The molecular formula is C16H25NO2. The summed E-state index contributed by atoms with van der Waals surface area (Å²) in [6.07, 6.45) is 2.66. The van der Waals surface area contributed by atoms with Gasteiger partial charge in [-0.3, -0.25) is 0 Å². The highest BCUT2D eigenvalue weighted by Gasteiger charge is 2.18. The molecule has 0 aromatic heterocycles. The molecule has 0 radical (unpaired) electrons. The van der Waals surface area contributed by atoms with Crippen LogP contribution in [0.4, 0.5) is 5.69 Å². The molecule has 0 bridgehead atoms. The van der Waals surface area contributed by atoms with Crippen molar-refractivity contribution in [3.05, 3.63) is 23.8 Å². The van der Waals surface area contributed by atoms with Gasteiger partial charge in [0.1, 0.15) is 5.75 Å². The van der Waals surface area contributed by atoms with Crippen molar-refractivity contribution in [1.82, 2.24) is 0 Å². The molecule has 1 unspecified atom stereocenters. The Labute approximate surface area is 116 Å². The average Bonchev–Trinajstić information content (AvgIpc) is 2.88. The predicted molar refractivity (Wildman–Crippen MR) is 79.2 cm³/mol. The van der Waals surface area contributed by atoms with E-state index in [0.29, 0.717) is 6.10 Å². The van der Waals surface area contributed by atoms with Gasteiger partial charge < -0.3 is 14.8 Å². The van der Waals surface area contributed by atoms with Gasteiger partial charge in [0.05, 0.1) is 18.9 Å². The quantitative estimate of drug-likeness (QED) is 0.900. The topological polar surface area (TPSA) is 30.5 Å². The number of hydrogen-bond donors (Lipinski definition) is 1. The lowest BCUT2D eigenvalue weighted by Gasteiger charge is -2.22. The van der Waals surface area contributed by atoms with Gasteiger partial charge in [-0.15, -0.1) is 0 Å².